The molecule has 2 aromatic rings. The van der Waals surface area contributed by atoms with Gasteiger partial charge in [-0.25, -0.2) is 14.2 Å². The van der Waals surface area contributed by atoms with Gasteiger partial charge in [0.1, 0.15) is 11.7 Å². The van der Waals surface area contributed by atoms with Crippen LogP contribution in [0, 0.1) is 5.82 Å². The van der Waals surface area contributed by atoms with E-state index in [0.717, 1.165) is 0 Å². The second kappa shape index (κ2) is 6.82. The van der Waals surface area contributed by atoms with Crippen molar-refractivity contribution in [2.45, 2.75) is 12.6 Å². The van der Waals surface area contributed by atoms with Crippen molar-refractivity contribution in [1.29, 1.82) is 0 Å². The molecule has 0 saturated heterocycles. The molecular formula is C18H16ClFN2O3. The van der Waals surface area contributed by atoms with Gasteiger partial charge in [-0.05, 0) is 37.3 Å². The third-order valence-corrected chi connectivity index (χ3v) is 4.00. The van der Waals surface area contributed by atoms with Crippen molar-refractivity contribution in [3.05, 3.63) is 64.9 Å². The topological polar surface area (TPSA) is 62.1 Å². The van der Waals surface area contributed by atoms with Gasteiger partial charge < -0.3 is 14.7 Å². The van der Waals surface area contributed by atoms with Gasteiger partial charge >= 0.3 is 5.97 Å². The molecule has 0 aromatic heterocycles. The smallest absolute Gasteiger partial charge is 0.363 e. The van der Waals surface area contributed by atoms with Gasteiger partial charge in [0, 0.05) is 10.7 Å². The molecule has 3 rings (SSSR count). The summed E-state index contributed by atoms with van der Waals surface area (Å²) >= 11 is 6.04. The van der Waals surface area contributed by atoms with Gasteiger partial charge in [-0.1, -0.05) is 29.8 Å². The Hall–Kier alpha value is -2.44. The average Bonchev–Trinajstić information content (AvgIpc) is 2.95. The normalized spacial score (nSPS) is 19.7. The van der Waals surface area contributed by atoms with Crippen molar-refractivity contribution >= 4 is 29.1 Å². The van der Waals surface area contributed by atoms with E-state index in [0.29, 0.717) is 10.7 Å². The van der Waals surface area contributed by atoms with Crippen LogP contribution in [-0.2, 0) is 9.53 Å². The van der Waals surface area contributed by atoms with E-state index in [2.05, 4.69) is 4.99 Å². The Bertz CT molecular complexity index is 843. The van der Waals surface area contributed by atoms with E-state index in [1.54, 1.807) is 48.2 Å². The third-order valence-electron chi connectivity index (χ3n) is 3.76. The predicted molar refractivity (Wildman–Crippen MR) is 93.3 cm³/mol. The van der Waals surface area contributed by atoms with Gasteiger partial charge in [-0.15, -0.1) is 0 Å². The maximum Gasteiger partial charge on any atom is 0.363 e. The summed E-state index contributed by atoms with van der Waals surface area (Å²) in [6.07, 6.45) is 0. The molecule has 1 N–H and O–H groups in total. The average molecular weight is 363 g/mol. The zero-order valence-corrected chi connectivity index (χ0v) is 14.2. The van der Waals surface area contributed by atoms with Crippen molar-refractivity contribution in [2.24, 2.45) is 4.99 Å². The third kappa shape index (κ3) is 3.36. The van der Waals surface area contributed by atoms with E-state index in [1.165, 1.54) is 12.1 Å². The van der Waals surface area contributed by atoms with Crippen LogP contribution in [0.3, 0.4) is 0 Å². The molecule has 0 saturated carbocycles. The van der Waals surface area contributed by atoms with Crippen LogP contribution in [0.5, 0.6) is 0 Å². The Morgan fingerprint density at radius 1 is 1.36 bits per heavy atom. The molecule has 2 aromatic carbocycles. The highest BCUT2D eigenvalue weighted by Crippen LogP contribution is 2.31. The fourth-order valence-corrected chi connectivity index (χ4v) is 2.81. The van der Waals surface area contributed by atoms with Gasteiger partial charge in [0.05, 0.1) is 18.7 Å². The van der Waals surface area contributed by atoms with Crippen molar-refractivity contribution in [3.8, 4) is 0 Å². The number of β-amino-alcohol motifs (C(OH)–C–C–N with tert-alkyl or cyclic N) is 1. The highest BCUT2D eigenvalue weighted by Gasteiger charge is 2.46. The largest absolute Gasteiger partial charge is 0.462 e. The number of nitrogens with zero attached hydrogens (tertiary/aromatic N) is 2. The number of carbonyl (C=O) groups excluding carboxylic acids is 1. The number of anilines is 1. The minimum Gasteiger partial charge on any atom is -0.462 e. The molecule has 1 unspecified atom stereocenters. The van der Waals surface area contributed by atoms with E-state index < -0.39 is 17.5 Å². The van der Waals surface area contributed by atoms with E-state index >= 15 is 0 Å². The number of aliphatic imine (C=N–C) groups is 1. The Morgan fingerprint density at radius 2 is 2.12 bits per heavy atom. The molecule has 5 nitrogen and oxygen atoms in total. The SMILES string of the molecule is CCOC(=O)C1(O)CN(c2cccc(Cl)c2)C(c2ccccc2F)=N1. The zero-order valence-electron chi connectivity index (χ0n) is 13.4. The molecule has 25 heavy (non-hydrogen) atoms. The zero-order chi connectivity index (χ0) is 18.0. The number of halogens is 2. The Balaban J connectivity index is 2.10. The summed E-state index contributed by atoms with van der Waals surface area (Å²) in [5.41, 5.74) is -1.37. The molecule has 0 fully saturated rings. The minimum absolute atomic E-state index is 0.100. The van der Waals surface area contributed by atoms with E-state index in [4.69, 9.17) is 16.3 Å². The van der Waals surface area contributed by atoms with Gasteiger partial charge in [-0.3, -0.25) is 0 Å². The van der Waals surface area contributed by atoms with Crippen LogP contribution in [0.1, 0.15) is 12.5 Å². The lowest BCUT2D eigenvalue weighted by molar-refractivity contribution is -0.162. The van der Waals surface area contributed by atoms with Gasteiger partial charge in [0.15, 0.2) is 0 Å². The van der Waals surface area contributed by atoms with Crippen LogP contribution in [0.2, 0.25) is 5.02 Å². The molecular weight excluding hydrogens is 347 g/mol. The molecule has 7 heteroatoms. The molecule has 0 aliphatic carbocycles. The maximum absolute atomic E-state index is 14.3. The van der Waals surface area contributed by atoms with Crippen LogP contribution >= 0.6 is 11.6 Å². The first kappa shape index (κ1) is 17.4. The number of esters is 1. The van der Waals surface area contributed by atoms with Crippen LogP contribution < -0.4 is 4.90 Å². The summed E-state index contributed by atoms with van der Waals surface area (Å²) in [5, 5.41) is 11.1. The quantitative estimate of drug-likeness (QED) is 0.849. The standard InChI is InChI=1S/C18H16ClFN2O3/c1-2-25-17(23)18(24)11-22(13-7-5-6-12(19)10-13)16(21-18)14-8-3-4-9-15(14)20/h3-10,24H,2,11H2,1H3. The summed E-state index contributed by atoms with van der Waals surface area (Å²) in [7, 11) is 0. The summed E-state index contributed by atoms with van der Waals surface area (Å²) in [6.45, 7) is 1.53. The van der Waals surface area contributed by atoms with Crippen molar-refractivity contribution in [2.75, 3.05) is 18.1 Å². The number of rotatable bonds is 4. The highest BCUT2D eigenvalue weighted by atomic mass is 35.5. The van der Waals surface area contributed by atoms with Crippen LogP contribution in [-0.4, -0.2) is 35.8 Å². The lowest BCUT2D eigenvalue weighted by atomic mass is 10.1. The minimum atomic E-state index is -2.12. The number of hydrogen-bond donors (Lipinski definition) is 1. The second-order valence-corrected chi connectivity index (χ2v) is 5.95. The Labute approximate surface area is 149 Å². The van der Waals surface area contributed by atoms with Crippen molar-refractivity contribution in [3.63, 3.8) is 0 Å². The molecule has 0 bridgehead atoms. The molecule has 1 heterocycles. The predicted octanol–water partition coefficient (Wildman–Crippen LogP) is 3.00. The van der Waals surface area contributed by atoms with Gasteiger partial charge in [-0.2, -0.15) is 0 Å². The lowest BCUT2D eigenvalue weighted by Gasteiger charge is -2.23. The first-order valence-electron chi connectivity index (χ1n) is 7.72. The molecule has 0 radical (unpaired) electrons. The monoisotopic (exact) mass is 362 g/mol. The first-order chi connectivity index (χ1) is 11.9. The molecule has 1 aliphatic heterocycles. The fourth-order valence-electron chi connectivity index (χ4n) is 2.63. The Kier molecular flexibility index (Phi) is 4.74. The second-order valence-electron chi connectivity index (χ2n) is 5.52. The summed E-state index contributed by atoms with van der Waals surface area (Å²) in [6, 6.07) is 12.8. The van der Waals surface area contributed by atoms with E-state index in [1.807, 2.05) is 0 Å². The number of ether oxygens (including phenoxy) is 1. The van der Waals surface area contributed by atoms with Crippen LogP contribution in [0.4, 0.5) is 10.1 Å². The van der Waals surface area contributed by atoms with Crippen molar-refractivity contribution < 1.29 is 19.0 Å². The number of carbonyl (C=O) groups is 1. The summed E-state index contributed by atoms with van der Waals surface area (Å²) < 4.78 is 19.2. The van der Waals surface area contributed by atoms with E-state index in [9.17, 15) is 14.3 Å². The number of hydrogen-bond acceptors (Lipinski definition) is 5. The summed E-state index contributed by atoms with van der Waals surface area (Å²) in [4.78, 5) is 17.8. The number of amidine groups is 1. The highest BCUT2D eigenvalue weighted by molar-refractivity contribution is 6.31. The lowest BCUT2D eigenvalue weighted by Crippen LogP contribution is -2.43. The summed E-state index contributed by atoms with van der Waals surface area (Å²) in [5.74, 6) is -1.26. The van der Waals surface area contributed by atoms with Crippen LogP contribution in [0.25, 0.3) is 0 Å². The van der Waals surface area contributed by atoms with Crippen molar-refractivity contribution in [1.82, 2.24) is 0 Å². The van der Waals surface area contributed by atoms with Gasteiger partial charge in [0.25, 0.3) is 5.72 Å². The molecule has 130 valence electrons. The maximum atomic E-state index is 14.3. The van der Waals surface area contributed by atoms with Gasteiger partial charge in [0.2, 0.25) is 0 Å². The molecule has 0 spiro atoms. The number of aliphatic hydroxyl groups is 1. The van der Waals surface area contributed by atoms with Crippen LogP contribution in [0.15, 0.2) is 53.5 Å². The van der Waals surface area contributed by atoms with E-state index in [-0.39, 0.29) is 24.6 Å². The Morgan fingerprint density at radius 3 is 2.80 bits per heavy atom. The first-order valence-corrected chi connectivity index (χ1v) is 8.10. The fraction of sp³-hybridized carbons (Fsp3) is 0.222. The molecule has 1 atom stereocenters. The molecule has 1 aliphatic rings. The number of benzene rings is 2. The molecule has 0 amide bonds.